The van der Waals surface area contributed by atoms with Crippen molar-refractivity contribution in [2.75, 3.05) is 19.7 Å². The summed E-state index contributed by atoms with van der Waals surface area (Å²) in [7, 11) is 0. The number of nitrogens with zero attached hydrogens (tertiary/aromatic N) is 3. The molecule has 1 saturated heterocycles. The summed E-state index contributed by atoms with van der Waals surface area (Å²) in [4.78, 5) is 26.9. The number of carbonyl (C=O) groups is 2. The van der Waals surface area contributed by atoms with Crippen LogP contribution >= 0.6 is 0 Å². The van der Waals surface area contributed by atoms with Gasteiger partial charge in [-0.25, -0.2) is 9.18 Å². The molecule has 38 heavy (non-hydrogen) atoms. The van der Waals surface area contributed by atoms with Gasteiger partial charge in [0.2, 0.25) is 0 Å². The van der Waals surface area contributed by atoms with Crippen LogP contribution in [0.4, 0.5) is 9.18 Å². The minimum absolute atomic E-state index is 0.0238. The van der Waals surface area contributed by atoms with E-state index in [0.717, 1.165) is 11.1 Å². The molecule has 0 radical (unpaired) electrons. The Bertz CT molecular complexity index is 1320. The van der Waals surface area contributed by atoms with E-state index in [1.807, 2.05) is 6.07 Å². The van der Waals surface area contributed by atoms with Crippen LogP contribution in [0.25, 0.3) is 11.1 Å². The number of amides is 2. The first kappa shape index (κ1) is 26.9. The third-order valence-corrected chi connectivity index (χ3v) is 6.18. The molecule has 2 aliphatic heterocycles. The molecule has 0 unspecified atom stereocenters. The van der Waals surface area contributed by atoms with Crippen molar-refractivity contribution >= 4 is 12.0 Å². The number of rotatable bonds is 4. The quantitative estimate of drug-likeness (QED) is 0.650. The van der Waals surface area contributed by atoms with Gasteiger partial charge in [0.25, 0.3) is 5.91 Å². The van der Waals surface area contributed by atoms with E-state index in [1.165, 1.54) is 17.0 Å². The maximum atomic E-state index is 15.1. The van der Waals surface area contributed by atoms with E-state index in [-0.39, 0.29) is 31.7 Å². The number of nitriles is 2. The summed E-state index contributed by atoms with van der Waals surface area (Å²) in [6.45, 7) is 6.16. The average Bonchev–Trinajstić information content (AvgIpc) is 3.14. The Morgan fingerprint density at radius 2 is 2.03 bits per heavy atom. The molecule has 198 valence electrons. The van der Waals surface area contributed by atoms with Gasteiger partial charge >= 0.3 is 6.09 Å². The average molecular weight is 521 g/mol. The van der Waals surface area contributed by atoms with Crippen molar-refractivity contribution in [2.45, 2.75) is 58.0 Å². The Hall–Kier alpha value is -4.15. The van der Waals surface area contributed by atoms with Crippen molar-refractivity contribution in [1.82, 2.24) is 10.2 Å². The highest BCUT2D eigenvalue weighted by Gasteiger charge is 2.31. The highest BCUT2D eigenvalue weighted by molar-refractivity contribution is 5.82. The summed E-state index contributed by atoms with van der Waals surface area (Å²) in [6, 6.07) is 11.1. The maximum absolute atomic E-state index is 15.1. The van der Waals surface area contributed by atoms with Crippen molar-refractivity contribution in [3.05, 3.63) is 52.8 Å². The first-order valence-corrected chi connectivity index (χ1v) is 12.4. The molecular formula is C28H29FN4O5. The van der Waals surface area contributed by atoms with Crippen LogP contribution in [0.3, 0.4) is 0 Å². The molecule has 2 amide bonds. The minimum atomic E-state index is -1.04. The van der Waals surface area contributed by atoms with Gasteiger partial charge in [-0.1, -0.05) is 6.07 Å². The summed E-state index contributed by atoms with van der Waals surface area (Å²) < 4.78 is 32.0. The number of ether oxygens (including phenoxy) is 3. The van der Waals surface area contributed by atoms with Crippen LogP contribution in [-0.2, 0) is 27.3 Å². The second kappa shape index (κ2) is 11.1. The van der Waals surface area contributed by atoms with Crippen LogP contribution in [-0.4, -0.2) is 54.3 Å². The van der Waals surface area contributed by atoms with Gasteiger partial charge in [-0.3, -0.25) is 4.79 Å². The fourth-order valence-corrected chi connectivity index (χ4v) is 4.35. The molecule has 2 atom stereocenters. The number of nitrogens with one attached hydrogen (secondary N) is 1. The monoisotopic (exact) mass is 520 g/mol. The predicted octanol–water partition coefficient (Wildman–Crippen LogP) is 3.83. The zero-order chi connectivity index (χ0) is 27.4. The second-order valence-electron chi connectivity index (χ2n) is 10.2. The van der Waals surface area contributed by atoms with Gasteiger partial charge in [0.15, 0.2) is 6.10 Å². The molecule has 2 aromatic carbocycles. The molecule has 9 nitrogen and oxygen atoms in total. The van der Waals surface area contributed by atoms with Crippen LogP contribution in [0, 0.1) is 28.5 Å². The molecule has 2 heterocycles. The molecule has 2 aliphatic rings. The molecule has 0 aromatic heterocycles. The minimum Gasteiger partial charge on any atom is -0.488 e. The third-order valence-electron chi connectivity index (χ3n) is 6.18. The van der Waals surface area contributed by atoms with E-state index in [2.05, 4.69) is 11.4 Å². The third kappa shape index (κ3) is 6.21. The van der Waals surface area contributed by atoms with Crippen molar-refractivity contribution in [2.24, 2.45) is 0 Å². The van der Waals surface area contributed by atoms with E-state index in [0.29, 0.717) is 29.8 Å². The molecule has 1 fully saturated rings. The van der Waals surface area contributed by atoms with Crippen LogP contribution in [0.15, 0.2) is 30.3 Å². The van der Waals surface area contributed by atoms with Gasteiger partial charge in [0.05, 0.1) is 24.2 Å². The lowest BCUT2D eigenvalue weighted by molar-refractivity contribution is -0.133. The van der Waals surface area contributed by atoms with Crippen LogP contribution < -0.4 is 10.1 Å². The van der Waals surface area contributed by atoms with E-state index < -0.39 is 35.6 Å². The number of carbonyl (C=O) groups excluding carboxylic acids is 2. The van der Waals surface area contributed by atoms with Gasteiger partial charge in [-0.2, -0.15) is 10.5 Å². The summed E-state index contributed by atoms with van der Waals surface area (Å²) >= 11 is 0. The van der Waals surface area contributed by atoms with E-state index in [9.17, 15) is 20.1 Å². The predicted molar refractivity (Wildman–Crippen MR) is 134 cm³/mol. The lowest BCUT2D eigenvalue weighted by atomic mass is 9.93. The van der Waals surface area contributed by atoms with Crippen molar-refractivity contribution < 1.29 is 28.2 Å². The topological polar surface area (TPSA) is 125 Å². The maximum Gasteiger partial charge on any atom is 0.410 e. The molecule has 4 rings (SSSR count). The van der Waals surface area contributed by atoms with E-state index in [4.69, 9.17) is 14.2 Å². The lowest BCUT2D eigenvalue weighted by Crippen LogP contribution is -2.48. The second-order valence-corrected chi connectivity index (χ2v) is 10.2. The Morgan fingerprint density at radius 1 is 1.24 bits per heavy atom. The number of benzene rings is 2. The Balaban J connectivity index is 1.46. The fraction of sp³-hybridized carbons (Fsp3) is 0.429. The van der Waals surface area contributed by atoms with Gasteiger partial charge in [0, 0.05) is 25.1 Å². The molecular weight excluding hydrogens is 491 g/mol. The summed E-state index contributed by atoms with van der Waals surface area (Å²) in [5, 5.41) is 21.5. The number of hydrogen-bond donors (Lipinski definition) is 1. The van der Waals surface area contributed by atoms with Gasteiger partial charge < -0.3 is 24.4 Å². The molecule has 0 bridgehead atoms. The zero-order valence-electron chi connectivity index (χ0n) is 21.5. The largest absolute Gasteiger partial charge is 0.488 e. The highest BCUT2D eigenvalue weighted by Crippen LogP contribution is 2.39. The van der Waals surface area contributed by atoms with E-state index in [1.54, 1.807) is 39.0 Å². The SMILES string of the molecule is CC(C)(C)OC(=O)N1CCCO[C@H](C(=O)N[C@H](C#N)Cc2cc3c(cc2F)-c2cc(C#N)ccc2CO3)C1. The van der Waals surface area contributed by atoms with Crippen LogP contribution in [0.1, 0.15) is 43.9 Å². The summed E-state index contributed by atoms with van der Waals surface area (Å²) in [5.41, 5.74) is 2.06. The van der Waals surface area contributed by atoms with Gasteiger partial charge in [-0.15, -0.1) is 0 Å². The van der Waals surface area contributed by atoms with E-state index >= 15 is 4.39 Å². The molecule has 2 aromatic rings. The summed E-state index contributed by atoms with van der Waals surface area (Å²) in [5.74, 6) is -0.689. The zero-order valence-corrected chi connectivity index (χ0v) is 21.5. The molecule has 0 saturated carbocycles. The Labute approximate surface area is 220 Å². The normalized spacial score (nSPS) is 17.4. The molecule has 0 aliphatic carbocycles. The van der Waals surface area contributed by atoms with Gasteiger partial charge in [0.1, 0.15) is 29.8 Å². The highest BCUT2D eigenvalue weighted by atomic mass is 19.1. The first-order valence-electron chi connectivity index (χ1n) is 12.4. The fourth-order valence-electron chi connectivity index (χ4n) is 4.35. The molecule has 1 N–H and O–H groups in total. The molecule has 0 spiro atoms. The Kier molecular flexibility index (Phi) is 7.84. The van der Waals surface area contributed by atoms with Crippen LogP contribution in [0.5, 0.6) is 5.75 Å². The van der Waals surface area contributed by atoms with Crippen LogP contribution in [0.2, 0.25) is 0 Å². The Morgan fingerprint density at radius 3 is 2.74 bits per heavy atom. The van der Waals surface area contributed by atoms with Crippen molar-refractivity contribution in [1.29, 1.82) is 10.5 Å². The first-order chi connectivity index (χ1) is 18.1. The van der Waals surface area contributed by atoms with Crippen molar-refractivity contribution in [3.8, 4) is 29.0 Å². The lowest BCUT2D eigenvalue weighted by Gasteiger charge is -2.28. The smallest absolute Gasteiger partial charge is 0.410 e. The summed E-state index contributed by atoms with van der Waals surface area (Å²) in [6.07, 6.45) is -1.11. The standard InChI is InChI=1S/C28H29FN4O5/c1-28(2,3)38-27(35)33-7-4-8-36-25(15-33)26(34)32-20(14-31)10-19-11-24-22(12-23(19)29)21-9-17(13-30)5-6-18(21)16-37-24/h5-6,9,11-12,20,25H,4,7-8,10,15-16H2,1-3H3,(H,32,34)/t20-,25-/m0/s1. The van der Waals surface area contributed by atoms with Crippen molar-refractivity contribution in [3.63, 3.8) is 0 Å². The number of fused-ring (bicyclic) bond motifs is 3. The molecule has 10 heteroatoms. The number of halogens is 1. The number of hydrogen-bond acceptors (Lipinski definition) is 7. The van der Waals surface area contributed by atoms with Gasteiger partial charge in [-0.05, 0) is 68.1 Å².